The lowest BCUT2D eigenvalue weighted by molar-refractivity contribution is -0.127. The van der Waals surface area contributed by atoms with Crippen LogP contribution in [-0.4, -0.2) is 62.1 Å². The molecule has 0 aliphatic heterocycles. The van der Waals surface area contributed by atoms with Crippen molar-refractivity contribution in [3.05, 3.63) is 41.4 Å². The number of hydrogen-bond acceptors (Lipinski definition) is 8. The first-order valence-electron chi connectivity index (χ1n) is 13.1. The highest BCUT2D eigenvalue weighted by atomic mass is 35.5. The van der Waals surface area contributed by atoms with Crippen LogP contribution in [0.1, 0.15) is 62.9 Å². The van der Waals surface area contributed by atoms with Gasteiger partial charge in [0.05, 0.1) is 17.4 Å². The molecule has 0 aromatic carbocycles. The third-order valence-corrected chi connectivity index (χ3v) is 7.44. The van der Waals surface area contributed by atoms with Crippen molar-refractivity contribution in [1.29, 1.82) is 0 Å². The molecule has 38 heavy (non-hydrogen) atoms. The Balaban J connectivity index is 1.31. The lowest BCUT2D eigenvalue weighted by Gasteiger charge is -2.32. The number of aromatic nitrogens is 4. The minimum absolute atomic E-state index is 0.0132. The van der Waals surface area contributed by atoms with E-state index in [1.54, 1.807) is 23.7 Å². The van der Waals surface area contributed by atoms with Crippen molar-refractivity contribution in [2.45, 2.75) is 76.0 Å². The van der Waals surface area contributed by atoms with Gasteiger partial charge < -0.3 is 26.6 Å². The molecule has 0 unspecified atom stereocenters. The zero-order valence-electron chi connectivity index (χ0n) is 21.8. The molecular weight excluding hydrogens is 506 g/mol. The molecule has 5 N–H and O–H groups in total. The number of anilines is 3. The second kappa shape index (κ2) is 10.7. The van der Waals surface area contributed by atoms with Crippen molar-refractivity contribution in [3.63, 3.8) is 0 Å². The molecule has 0 spiro atoms. The van der Waals surface area contributed by atoms with E-state index in [1.807, 2.05) is 19.9 Å². The number of hydrogen-bond donors (Lipinski definition) is 5. The van der Waals surface area contributed by atoms with Crippen LogP contribution in [-0.2, 0) is 4.79 Å². The summed E-state index contributed by atoms with van der Waals surface area (Å²) in [7, 11) is 1.79. The van der Waals surface area contributed by atoms with E-state index < -0.39 is 5.54 Å². The number of rotatable bonds is 9. The smallest absolute Gasteiger partial charge is 0.276 e. The van der Waals surface area contributed by atoms with E-state index in [0.717, 1.165) is 44.2 Å². The number of fused-ring (bicyclic) bond motifs is 1. The first-order valence-corrected chi connectivity index (χ1v) is 13.4. The first kappa shape index (κ1) is 26.2. The molecule has 3 aromatic heterocycles. The number of likely N-dealkylation sites (N-methyl/N-ethyl adjacent to an activating group) is 1. The highest BCUT2D eigenvalue weighted by molar-refractivity contribution is 6.29. The lowest BCUT2D eigenvalue weighted by Crippen LogP contribution is -2.54. The fourth-order valence-electron chi connectivity index (χ4n) is 4.49. The van der Waals surface area contributed by atoms with Crippen molar-refractivity contribution in [2.24, 2.45) is 0 Å². The van der Waals surface area contributed by atoms with Gasteiger partial charge in [-0.05, 0) is 71.6 Å². The molecule has 3 aromatic rings. The van der Waals surface area contributed by atoms with Gasteiger partial charge in [0.15, 0.2) is 11.3 Å². The maximum absolute atomic E-state index is 13.1. The minimum Gasteiger partial charge on any atom is -0.379 e. The largest absolute Gasteiger partial charge is 0.379 e. The summed E-state index contributed by atoms with van der Waals surface area (Å²) in [4.78, 5) is 34.1. The SMILES string of the molecule is CNC(C)(C)C(=O)NC1CCC(Nc2cc(NC3CC3)c3ncc(C(=O)Nc4ccnc(Cl)c4)n3n2)CC1. The monoisotopic (exact) mass is 539 g/mol. The normalized spacial score (nSPS) is 19.7. The highest BCUT2D eigenvalue weighted by Crippen LogP contribution is 2.30. The van der Waals surface area contributed by atoms with Crippen molar-refractivity contribution < 1.29 is 9.59 Å². The van der Waals surface area contributed by atoms with E-state index >= 15 is 0 Å². The van der Waals surface area contributed by atoms with Gasteiger partial charge in [0.2, 0.25) is 5.91 Å². The Morgan fingerprint density at radius 2 is 1.68 bits per heavy atom. The number of nitrogens with zero attached hydrogens (tertiary/aromatic N) is 4. The van der Waals surface area contributed by atoms with Crippen LogP contribution in [0.3, 0.4) is 0 Å². The molecule has 0 atom stereocenters. The van der Waals surface area contributed by atoms with Crippen molar-refractivity contribution in [3.8, 4) is 0 Å². The number of nitrogens with one attached hydrogen (secondary N) is 5. The Morgan fingerprint density at radius 3 is 2.37 bits per heavy atom. The van der Waals surface area contributed by atoms with E-state index in [9.17, 15) is 9.59 Å². The van der Waals surface area contributed by atoms with Crippen LogP contribution in [0.4, 0.5) is 17.2 Å². The Bertz CT molecular complexity index is 1330. The molecule has 5 rings (SSSR count). The number of carbonyl (C=O) groups is 2. The summed E-state index contributed by atoms with van der Waals surface area (Å²) in [6.07, 6.45) is 8.83. The average Bonchev–Trinajstić information content (AvgIpc) is 3.60. The summed E-state index contributed by atoms with van der Waals surface area (Å²) in [6, 6.07) is 5.99. The van der Waals surface area contributed by atoms with Crippen molar-refractivity contribution in [2.75, 3.05) is 23.0 Å². The number of halogens is 1. The maximum Gasteiger partial charge on any atom is 0.276 e. The Hall–Kier alpha value is -3.44. The summed E-state index contributed by atoms with van der Waals surface area (Å²) >= 11 is 5.96. The molecule has 2 aliphatic rings. The topological polar surface area (TPSA) is 137 Å². The van der Waals surface area contributed by atoms with E-state index in [1.165, 1.54) is 12.4 Å². The third kappa shape index (κ3) is 5.99. The van der Waals surface area contributed by atoms with Crippen LogP contribution in [0.25, 0.3) is 5.65 Å². The van der Waals surface area contributed by atoms with E-state index in [-0.39, 0.29) is 23.9 Å². The van der Waals surface area contributed by atoms with Crippen LogP contribution in [0.5, 0.6) is 0 Å². The molecule has 12 heteroatoms. The molecular formula is C26H34ClN9O2. The van der Waals surface area contributed by atoms with Crippen molar-refractivity contribution >= 4 is 46.3 Å². The van der Waals surface area contributed by atoms with E-state index in [4.69, 9.17) is 16.7 Å². The highest BCUT2D eigenvalue weighted by Gasteiger charge is 2.30. The Kier molecular flexibility index (Phi) is 7.40. The van der Waals surface area contributed by atoms with Gasteiger partial charge in [0.1, 0.15) is 11.0 Å². The second-order valence-corrected chi connectivity index (χ2v) is 11.0. The Morgan fingerprint density at radius 1 is 1.00 bits per heavy atom. The van der Waals surface area contributed by atoms with Gasteiger partial charge in [-0.3, -0.25) is 9.59 Å². The molecule has 2 fully saturated rings. The van der Waals surface area contributed by atoms with Crippen LogP contribution in [0.15, 0.2) is 30.6 Å². The van der Waals surface area contributed by atoms with Gasteiger partial charge in [-0.1, -0.05) is 11.6 Å². The maximum atomic E-state index is 13.1. The molecule has 2 amide bonds. The van der Waals surface area contributed by atoms with Gasteiger partial charge in [-0.2, -0.15) is 0 Å². The van der Waals surface area contributed by atoms with Crippen LogP contribution in [0, 0.1) is 0 Å². The number of pyridine rings is 1. The van der Waals surface area contributed by atoms with Gasteiger partial charge in [-0.25, -0.2) is 14.5 Å². The predicted octanol–water partition coefficient (Wildman–Crippen LogP) is 3.44. The lowest BCUT2D eigenvalue weighted by atomic mass is 9.90. The standard InChI is InChI=1S/C26H34ClN9O2/c1-26(2,28-3)25(38)34-17-8-6-16(7-9-17)32-22-13-19(31-15-4-5-15)23-30-14-20(36(23)35-22)24(37)33-18-10-11-29-21(27)12-18/h10-17,28,31H,4-9H2,1-3H3,(H,32,35)(H,34,38)(H,29,33,37). The van der Waals surface area contributed by atoms with Gasteiger partial charge >= 0.3 is 0 Å². The summed E-state index contributed by atoms with van der Waals surface area (Å²) < 4.78 is 1.58. The summed E-state index contributed by atoms with van der Waals surface area (Å²) in [6.45, 7) is 3.75. The average molecular weight is 540 g/mol. The van der Waals surface area contributed by atoms with Gasteiger partial charge in [-0.15, -0.1) is 5.10 Å². The second-order valence-electron chi connectivity index (χ2n) is 10.6. The number of carbonyl (C=O) groups excluding carboxylic acids is 2. The summed E-state index contributed by atoms with van der Waals surface area (Å²) in [5, 5.41) is 21.2. The van der Waals surface area contributed by atoms with Crippen LogP contribution in [0.2, 0.25) is 5.15 Å². The molecule has 3 heterocycles. The molecule has 0 bridgehead atoms. The van der Waals surface area contributed by atoms with Crippen molar-refractivity contribution in [1.82, 2.24) is 30.2 Å². The fourth-order valence-corrected chi connectivity index (χ4v) is 4.67. The zero-order valence-corrected chi connectivity index (χ0v) is 22.6. The van der Waals surface area contributed by atoms with Gasteiger partial charge in [0.25, 0.3) is 5.91 Å². The molecule has 202 valence electrons. The molecule has 11 nitrogen and oxygen atoms in total. The molecule has 0 saturated heterocycles. The van der Waals surface area contributed by atoms with Gasteiger partial charge in [0, 0.05) is 36.1 Å². The summed E-state index contributed by atoms with van der Waals surface area (Å²) in [5.41, 5.74) is 1.69. The van der Waals surface area contributed by atoms with E-state index in [0.29, 0.717) is 34.0 Å². The molecule has 2 aliphatic carbocycles. The first-order chi connectivity index (χ1) is 18.2. The van der Waals surface area contributed by atoms with Crippen LogP contribution < -0.4 is 26.6 Å². The zero-order chi connectivity index (χ0) is 26.9. The van der Waals surface area contributed by atoms with E-state index in [2.05, 4.69) is 36.6 Å². The number of amides is 2. The fraction of sp³-hybridized carbons (Fsp3) is 0.500. The molecule has 2 saturated carbocycles. The van der Waals surface area contributed by atoms with Crippen LogP contribution >= 0.6 is 11.6 Å². The minimum atomic E-state index is -0.599. The third-order valence-electron chi connectivity index (χ3n) is 7.23. The Labute approximate surface area is 226 Å². The molecule has 0 radical (unpaired) electrons. The number of imidazole rings is 1. The summed E-state index contributed by atoms with van der Waals surface area (Å²) in [5.74, 6) is 0.338. The quantitative estimate of drug-likeness (QED) is 0.261. The predicted molar refractivity (Wildman–Crippen MR) is 148 cm³/mol.